The lowest BCUT2D eigenvalue weighted by Gasteiger charge is -2.37. The molecule has 0 amide bonds. The average Bonchev–Trinajstić information content (AvgIpc) is 2.39. The van der Waals surface area contributed by atoms with E-state index >= 15 is 0 Å². The standard InChI is InChI=1S/C18H34O3Si/c1-8-10-12-15(16(17(19)20)13-11-9-2)14-21-22(6,7)18(3,4)5/h10-13,15-16H,8-9,14H2,1-7H3,(H,19,20)/b12-10+,13-11+. The highest BCUT2D eigenvalue weighted by Gasteiger charge is 2.38. The van der Waals surface area contributed by atoms with Gasteiger partial charge in [0.05, 0.1) is 5.92 Å². The average molecular weight is 327 g/mol. The van der Waals surface area contributed by atoms with E-state index in [0.717, 1.165) is 12.8 Å². The molecular formula is C18H34O3Si. The fourth-order valence-electron chi connectivity index (χ4n) is 1.80. The summed E-state index contributed by atoms with van der Waals surface area (Å²) in [6.45, 7) is 15.5. The van der Waals surface area contributed by atoms with E-state index in [2.05, 4.69) is 40.8 Å². The normalized spacial score (nSPS) is 16.3. The van der Waals surface area contributed by atoms with E-state index in [9.17, 15) is 9.90 Å². The Balaban J connectivity index is 5.16. The van der Waals surface area contributed by atoms with Gasteiger partial charge in [0.1, 0.15) is 0 Å². The molecule has 0 saturated carbocycles. The minimum atomic E-state index is -1.87. The van der Waals surface area contributed by atoms with Crippen molar-refractivity contribution >= 4 is 14.3 Å². The lowest BCUT2D eigenvalue weighted by atomic mass is 9.91. The van der Waals surface area contributed by atoms with Gasteiger partial charge in [0.2, 0.25) is 0 Å². The third kappa shape index (κ3) is 6.92. The fourth-order valence-corrected chi connectivity index (χ4v) is 2.84. The lowest BCUT2D eigenvalue weighted by molar-refractivity contribution is -0.141. The van der Waals surface area contributed by atoms with Crippen molar-refractivity contribution in [1.82, 2.24) is 0 Å². The van der Waals surface area contributed by atoms with Crippen molar-refractivity contribution in [3.8, 4) is 0 Å². The summed E-state index contributed by atoms with van der Waals surface area (Å²) in [5, 5.41) is 9.66. The Bertz CT molecular complexity index is 392. The maximum Gasteiger partial charge on any atom is 0.311 e. The highest BCUT2D eigenvalue weighted by molar-refractivity contribution is 6.74. The first kappa shape index (κ1) is 21.1. The molecule has 0 aromatic heterocycles. The van der Waals surface area contributed by atoms with Crippen molar-refractivity contribution in [2.45, 2.75) is 65.6 Å². The van der Waals surface area contributed by atoms with Crippen LogP contribution in [0.2, 0.25) is 18.1 Å². The molecule has 128 valence electrons. The molecule has 2 atom stereocenters. The van der Waals surface area contributed by atoms with Crippen molar-refractivity contribution in [3.05, 3.63) is 24.3 Å². The number of carboxylic acid groups (broad SMARTS) is 1. The minimum absolute atomic E-state index is 0.116. The second kappa shape index (κ2) is 9.31. The monoisotopic (exact) mass is 326 g/mol. The summed E-state index contributed by atoms with van der Waals surface area (Å²) < 4.78 is 6.25. The first-order chi connectivity index (χ1) is 10.1. The van der Waals surface area contributed by atoms with Crippen LogP contribution in [0.5, 0.6) is 0 Å². The molecule has 4 heteroatoms. The molecule has 0 bridgehead atoms. The van der Waals surface area contributed by atoms with E-state index in [1.807, 2.05) is 31.2 Å². The van der Waals surface area contributed by atoms with Gasteiger partial charge in [0, 0.05) is 12.5 Å². The zero-order chi connectivity index (χ0) is 17.4. The maximum absolute atomic E-state index is 11.6. The van der Waals surface area contributed by atoms with Crippen LogP contribution < -0.4 is 0 Å². The van der Waals surface area contributed by atoms with Gasteiger partial charge in [-0.2, -0.15) is 0 Å². The molecule has 1 N–H and O–H groups in total. The van der Waals surface area contributed by atoms with Gasteiger partial charge in [-0.05, 0) is 31.0 Å². The maximum atomic E-state index is 11.6. The number of hydrogen-bond donors (Lipinski definition) is 1. The minimum Gasteiger partial charge on any atom is -0.481 e. The summed E-state index contributed by atoms with van der Waals surface area (Å²) in [6.07, 6.45) is 9.53. The third-order valence-electron chi connectivity index (χ3n) is 4.39. The van der Waals surface area contributed by atoms with Crippen LogP contribution in [0.1, 0.15) is 47.5 Å². The molecule has 0 heterocycles. The van der Waals surface area contributed by atoms with Crippen molar-refractivity contribution in [1.29, 1.82) is 0 Å². The van der Waals surface area contributed by atoms with Gasteiger partial charge in [0.15, 0.2) is 8.32 Å². The highest BCUT2D eigenvalue weighted by atomic mass is 28.4. The zero-order valence-electron chi connectivity index (χ0n) is 15.3. The predicted molar refractivity (Wildman–Crippen MR) is 96.6 cm³/mol. The third-order valence-corrected chi connectivity index (χ3v) is 8.89. The van der Waals surface area contributed by atoms with Crippen LogP contribution in [-0.2, 0) is 9.22 Å². The van der Waals surface area contributed by atoms with Gasteiger partial charge in [-0.25, -0.2) is 0 Å². The largest absolute Gasteiger partial charge is 0.481 e. The van der Waals surface area contributed by atoms with E-state index in [1.54, 1.807) is 0 Å². The Morgan fingerprint density at radius 2 is 1.64 bits per heavy atom. The number of carboxylic acids is 1. The molecule has 0 aliphatic carbocycles. The number of carbonyl (C=O) groups is 1. The molecule has 0 rings (SSSR count). The second-order valence-electron chi connectivity index (χ2n) is 7.27. The van der Waals surface area contributed by atoms with Crippen LogP contribution in [0.4, 0.5) is 0 Å². The van der Waals surface area contributed by atoms with Gasteiger partial charge in [0.25, 0.3) is 0 Å². The van der Waals surface area contributed by atoms with Crippen LogP contribution in [-0.4, -0.2) is 26.0 Å². The molecule has 0 aromatic carbocycles. The van der Waals surface area contributed by atoms with E-state index in [-0.39, 0.29) is 11.0 Å². The SMILES string of the molecule is CC/C=C/C(CO[Si](C)(C)C(C)(C)C)C(/C=C/CC)C(=O)O. The highest BCUT2D eigenvalue weighted by Crippen LogP contribution is 2.37. The molecule has 0 aliphatic rings. The predicted octanol–water partition coefficient (Wildman–Crippen LogP) is 5.26. The summed E-state index contributed by atoms with van der Waals surface area (Å²) >= 11 is 0. The van der Waals surface area contributed by atoms with Gasteiger partial charge in [-0.1, -0.05) is 58.9 Å². The Kier molecular flexibility index (Phi) is 8.94. The van der Waals surface area contributed by atoms with Crippen molar-refractivity contribution in [2.75, 3.05) is 6.61 Å². The van der Waals surface area contributed by atoms with E-state index in [4.69, 9.17) is 4.43 Å². The van der Waals surface area contributed by atoms with E-state index in [1.165, 1.54) is 0 Å². The molecular weight excluding hydrogens is 292 g/mol. The number of hydrogen-bond acceptors (Lipinski definition) is 2. The van der Waals surface area contributed by atoms with Crippen LogP contribution in [0.25, 0.3) is 0 Å². The quantitative estimate of drug-likeness (QED) is 0.464. The molecule has 0 fully saturated rings. The molecule has 0 aromatic rings. The van der Waals surface area contributed by atoms with Gasteiger partial charge in [-0.15, -0.1) is 0 Å². The summed E-state index contributed by atoms with van der Waals surface area (Å²) in [5.41, 5.74) is 0. The van der Waals surface area contributed by atoms with Gasteiger partial charge < -0.3 is 9.53 Å². The smallest absolute Gasteiger partial charge is 0.311 e. The van der Waals surface area contributed by atoms with Gasteiger partial charge in [-0.3, -0.25) is 4.79 Å². The Hall–Kier alpha value is -0.873. The Morgan fingerprint density at radius 3 is 2.05 bits per heavy atom. The molecule has 3 nitrogen and oxygen atoms in total. The lowest BCUT2D eigenvalue weighted by Crippen LogP contribution is -2.42. The van der Waals surface area contributed by atoms with Crippen LogP contribution in [0.3, 0.4) is 0 Å². The molecule has 22 heavy (non-hydrogen) atoms. The van der Waals surface area contributed by atoms with Crippen LogP contribution >= 0.6 is 0 Å². The fraction of sp³-hybridized carbons (Fsp3) is 0.722. The zero-order valence-corrected chi connectivity index (χ0v) is 16.3. The van der Waals surface area contributed by atoms with Gasteiger partial charge >= 0.3 is 5.97 Å². The van der Waals surface area contributed by atoms with Crippen molar-refractivity contribution in [2.24, 2.45) is 11.8 Å². The summed E-state index contributed by atoms with van der Waals surface area (Å²) in [6, 6.07) is 0. The number of rotatable bonds is 9. The summed E-state index contributed by atoms with van der Waals surface area (Å²) in [7, 11) is -1.87. The summed E-state index contributed by atoms with van der Waals surface area (Å²) in [4.78, 5) is 11.6. The molecule has 0 radical (unpaired) electrons. The summed E-state index contributed by atoms with van der Waals surface area (Å²) in [5.74, 6) is -1.42. The van der Waals surface area contributed by atoms with Crippen molar-refractivity contribution in [3.63, 3.8) is 0 Å². The van der Waals surface area contributed by atoms with Crippen molar-refractivity contribution < 1.29 is 14.3 Å². The molecule has 0 saturated heterocycles. The van der Waals surface area contributed by atoms with Crippen LogP contribution in [0, 0.1) is 11.8 Å². The Labute approximate surface area is 137 Å². The number of aliphatic carboxylic acids is 1. The first-order valence-corrected chi connectivity index (χ1v) is 11.2. The van der Waals surface area contributed by atoms with E-state index < -0.39 is 20.2 Å². The topological polar surface area (TPSA) is 46.5 Å². The molecule has 2 unspecified atom stereocenters. The Morgan fingerprint density at radius 1 is 1.14 bits per heavy atom. The second-order valence-corrected chi connectivity index (χ2v) is 12.1. The van der Waals surface area contributed by atoms with E-state index in [0.29, 0.717) is 6.61 Å². The molecule has 0 aliphatic heterocycles. The molecule has 0 spiro atoms. The first-order valence-electron chi connectivity index (χ1n) is 8.26. The van der Waals surface area contributed by atoms with Crippen LogP contribution in [0.15, 0.2) is 24.3 Å². The number of allylic oxidation sites excluding steroid dienone is 2.